The van der Waals surface area contributed by atoms with Gasteiger partial charge < -0.3 is 19.7 Å². The summed E-state index contributed by atoms with van der Waals surface area (Å²) in [7, 11) is 4.29. The summed E-state index contributed by atoms with van der Waals surface area (Å²) >= 11 is 0. The molecule has 266 valence electrons. The fourth-order valence-corrected chi connectivity index (χ4v) is 6.58. The number of piperazine rings is 1. The topological polar surface area (TPSA) is 114 Å². The molecular formula is C39H41N9O3S. The highest BCUT2D eigenvalue weighted by molar-refractivity contribution is 7.84. The summed E-state index contributed by atoms with van der Waals surface area (Å²) in [5.74, 6) is 2.14. The second-order valence-electron chi connectivity index (χ2n) is 12.5. The van der Waals surface area contributed by atoms with E-state index in [0.717, 1.165) is 83.5 Å². The fraction of sp³-hybridized carbons (Fsp3) is 0.231. The first-order valence-electron chi connectivity index (χ1n) is 17.0. The Bertz CT molecular complexity index is 2310. The highest BCUT2D eigenvalue weighted by atomic mass is 32.2. The molecule has 0 spiro atoms. The van der Waals surface area contributed by atoms with Crippen LogP contribution in [0.5, 0.6) is 11.5 Å². The standard InChI is InChI=1S/C25H28N6O.C14H13N3O2S/c1-29-13-15-30(16-14-29)18-19-7-9-20(10-8-19)27-25-26-17-21-11-12-23(31(21)28-25)22-5-3-4-6-24(22)32-2;1-19-13-6-4-3-5-11(13)12-8-7-10-9-15-14(20(2)18)16-17(10)12/h3-12,17H,13-16,18H2,1-2H3,(H,27,28);3-9H,1-2H3. The number of nitrogens with zero attached hydrogens (tertiary/aromatic N) is 8. The minimum absolute atomic E-state index is 0.310. The van der Waals surface area contributed by atoms with Gasteiger partial charge in [-0.3, -0.25) is 9.11 Å². The Morgan fingerprint density at radius 1 is 0.692 bits per heavy atom. The average molecular weight is 716 g/mol. The maximum Gasteiger partial charge on any atom is 0.245 e. The molecule has 1 aliphatic heterocycles. The molecule has 1 atom stereocenters. The maximum absolute atomic E-state index is 11.5. The van der Waals surface area contributed by atoms with E-state index in [1.165, 1.54) is 5.56 Å². The van der Waals surface area contributed by atoms with Crippen molar-refractivity contribution < 1.29 is 13.7 Å². The smallest absolute Gasteiger partial charge is 0.245 e. The molecule has 3 aromatic carbocycles. The normalized spacial score (nSPS) is 14.2. The van der Waals surface area contributed by atoms with Crippen LogP contribution in [0.4, 0.5) is 11.6 Å². The van der Waals surface area contributed by atoms with Crippen molar-refractivity contribution in [2.45, 2.75) is 11.7 Å². The molecule has 1 unspecified atom stereocenters. The van der Waals surface area contributed by atoms with Crippen LogP contribution in [-0.4, -0.2) is 96.9 Å². The number of aromatic nitrogens is 6. The molecule has 8 rings (SSSR count). The monoisotopic (exact) mass is 715 g/mol. The third kappa shape index (κ3) is 7.66. The van der Waals surface area contributed by atoms with Crippen molar-refractivity contribution >= 4 is 33.5 Å². The van der Waals surface area contributed by atoms with E-state index < -0.39 is 10.8 Å². The molecule has 12 nitrogen and oxygen atoms in total. The van der Waals surface area contributed by atoms with E-state index in [2.05, 4.69) is 61.5 Å². The molecule has 13 heteroatoms. The number of fused-ring (bicyclic) bond motifs is 2. The van der Waals surface area contributed by atoms with Crippen molar-refractivity contribution in [2.24, 2.45) is 0 Å². The average Bonchev–Trinajstić information content (AvgIpc) is 3.80. The van der Waals surface area contributed by atoms with E-state index in [9.17, 15) is 4.21 Å². The van der Waals surface area contributed by atoms with Crippen molar-refractivity contribution in [3.8, 4) is 34.0 Å². The van der Waals surface area contributed by atoms with Crippen molar-refractivity contribution in [1.82, 2.24) is 39.0 Å². The largest absolute Gasteiger partial charge is 0.496 e. The Labute approximate surface area is 305 Å². The van der Waals surface area contributed by atoms with Gasteiger partial charge in [0.25, 0.3) is 0 Å². The predicted molar refractivity (Wildman–Crippen MR) is 205 cm³/mol. The van der Waals surface area contributed by atoms with Crippen LogP contribution in [0.15, 0.2) is 115 Å². The van der Waals surface area contributed by atoms with Crippen LogP contribution in [0, 0.1) is 0 Å². The number of likely N-dealkylation sites (N-methyl/N-ethyl adjacent to an activating group) is 1. The van der Waals surface area contributed by atoms with Crippen molar-refractivity contribution in [3.05, 3.63) is 115 Å². The first-order chi connectivity index (χ1) is 25.4. The van der Waals surface area contributed by atoms with Crippen LogP contribution in [0.1, 0.15) is 5.56 Å². The van der Waals surface area contributed by atoms with Crippen LogP contribution >= 0.6 is 0 Å². The zero-order chi connectivity index (χ0) is 36.0. The summed E-state index contributed by atoms with van der Waals surface area (Å²) in [6.45, 7) is 5.50. The second kappa shape index (κ2) is 15.7. The lowest BCUT2D eigenvalue weighted by Gasteiger charge is -2.32. The molecule has 1 aliphatic rings. The van der Waals surface area contributed by atoms with E-state index >= 15 is 0 Å². The Morgan fingerprint density at radius 3 is 1.83 bits per heavy atom. The molecule has 0 radical (unpaired) electrons. The van der Waals surface area contributed by atoms with Crippen LogP contribution in [0.2, 0.25) is 0 Å². The highest BCUT2D eigenvalue weighted by Crippen LogP contribution is 2.32. The Kier molecular flexibility index (Phi) is 10.5. The lowest BCUT2D eigenvalue weighted by Crippen LogP contribution is -2.43. The summed E-state index contributed by atoms with van der Waals surface area (Å²) in [5.41, 5.74) is 7.84. The van der Waals surface area contributed by atoms with Crippen molar-refractivity contribution in [2.75, 3.05) is 59.0 Å². The molecule has 52 heavy (non-hydrogen) atoms. The van der Waals surface area contributed by atoms with E-state index in [-0.39, 0.29) is 0 Å². The van der Waals surface area contributed by atoms with Gasteiger partial charge in [0.05, 0.1) is 59.8 Å². The number of nitrogens with one attached hydrogen (secondary N) is 1. The van der Waals surface area contributed by atoms with Gasteiger partial charge in [0, 0.05) is 55.8 Å². The summed E-state index contributed by atoms with van der Waals surface area (Å²) < 4.78 is 26.1. The summed E-state index contributed by atoms with van der Waals surface area (Å²) in [5, 5.41) is 12.7. The van der Waals surface area contributed by atoms with Gasteiger partial charge in [-0.2, -0.15) is 0 Å². The Morgan fingerprint density at radius 2 is 1.25 bits per heavy atom. The predicted octanol–water partition coefficient (Wildman–Crippen LogP) is 6.04. The third-order valence-corrected chi connectivity index (χ3v) is 9.71. The van der Waals surface area contributed by atoms with Crippen molar-refractivity contribution in [1.29, 1.82) is 0 Å². The number of benzene rings is 3. The fourth-order valence-electron chi connectivity index (χ4n) is 6.18. The van der Waals surface area contributed by atoms with Crippen molar-refractivity contribution in [3.63, 3.8) is 0 Å². The molecule has 0 aliphatic carbocycles. The lowest BCUT2D eigenvalue weighted by molar-refractivity contribution is 0.148. The number of ether oxygens (including phenoxy) is 2. The maximum atomic E-state index is 11.5. The zero-order valence-corrected chi connectivity index (χ0v) is 30.5. The third-order valence-electron chi connectivity index (χ3n) is 9.01. The summed E-state index contributed by atoms with van der Waals surface area (Å²) in [6.07, 6.45) is 5.06. The van der Waals surface area contributed by atoms with Gasteiger partial charge in [-0.05, 0) is 73.3 Å². The number of rotatable bonds is 9. The summed E-state index contributed by atoms with van der Waals surface area (Å²) in [6, 6.07) is 32.1. The SMILES string of the molecule is COc1ccccc1-c1ccc2cnc(Nc3ccc(CN4CCN(C)CC4)cc3)nn12.COc1ccccc1-c1ccc2cnc(S(C)=O)nn12. The first kappa shape index (κ1) is 34.8. The number of methoxy groups -OCH3 is 2. The molecule has 0 bridgehead atoms. The minimum Gasteiger partial charge on any atom is -0.496 e. The molecule has 0 saturated carbocycles. The minimum atomic E-state index is -1.22. The van der Waals surface area contributed by atoms with Gasteiger partial charge >= 0.3 is 0 Å². The van der Waals surface area contributed by atoms with Crippen LogP contribution in [-0.2, 0) is 17.3 Å². The van der Waals surface area contributed by atoms with Crippen LogP contribution in [0.3, 0.4) is 0 Å². The first-order valence-corrected chi connectivity index (χ1v) is 18.5. The zero-order valence-electron chi connectivity index (χ0n) is 29.6. The molecule has 5 heterocycles. The second-order valence-corrected chi connectivity index (χ2v) is 13.8. The van der Waals surface area contributed by atoms with Gasteiger partial charge in [0.1, 0.15) is 11.5 Å². The summed E-state index contributed by atoms with van der Waals surface area (Å²) in [4.78, 5) is 13.5. The van der Waals surface area contributed by atoms with Crippen LogP contribution < -0.4 is 14.8 Å². The number of hydrogen-bond donors (Lipinski definition) is 1. The van der Waals surface area contributed by atoms with Gasteiger partial charge in [-0.25, -0.2) is 19.0 Å². The Hall–Kier alpha value is -5.63. The molecule has 4 aromatic heterocycles. The molecule has 0 amide bonds. The number of anilines is 2. The molecule has 1 fully saturated rings. The van der Waals surface area contributed by atoms with Gasteiger partial charge in [0.2, 0.25) is 11.1 Å². The lowest BCUT2D eigenvalue weighted by atomic mass is 10.1. The number of para-hydroxylation sites is 2. The van der Waals surface area contributed by atoms with Gasteiger partial charge in [-0.15, -0.1) is 10.2 Å². The number of hydrogen-bond acceptors (Lipinski definition) is 10. The highest BCUT2D eigenvalue weighted by Gasteiger charge is 2.15. The van der Waals surface area contributed by atoms with E-state index in [0.29, 0.717) is 11.1 Å². The van der Waals surface area contributed by atoms with Gasteiger partial charge in [-0.1, -0.05) is 36.4 Å². The van der Waals surface area contributed by atoms with E-state index in [1.54, 1.807) is 31.2 Å². The van der Waals surface area contributed by atoms with E-state index in [4.69, 9.17) is 14.6 Å². The van der Waals surface area contributed by atoms with Gasteiger partial charge in [0.15, 0.2) is 0 Å². The molecule has 1 saturated heterocycles. The Balaban J connectivity index is 0.000000180. The molecular weight excluding hydrogens is 675 g/mol. The quantitative estimate of drug-likeness (QED) is 0.190. The molecule has 7 aromatic rings. The molecule has 1 N–H and O–H groups in total. The van der Waals surface area contributed by atoms with Crippen LogP contribution in [0.25, 0.3) is 33.5 Å². The van der Waals surface area contributed by atoms with E-state index in [1.807, 2.05) is 83.5 Å².